The zero-order valence-corrected chi connectivity index (χ0v) is 29.9. The summed E-state index contributed by atoms with van der Waals surface area (Å²) < 4.78 is 24.4. The molecule has 8 nitrogen and oxygen atoms in total. The monoisotopic (exact) mass is 677 g/mol. The van der Waals surface area contributed by atoms with Gasteiger partial charge in [0.1, 0.15) is 24.7 Å². The van der Waals surface area contributed by atoms with Crippen LogP contribution in [0.5, 0.6) is 11.5 Å². The van der Waals surface area contributed by atoms with Gasteiger partial charge in [-0.3, -0.25) is 9.69 Å². The second-order valence-corrected chi connectivity index (χ2v) is 13.7. The number of likely N-dealkylation sites (N-methyl/N-ethyl adjacent to an activating group) is 1. The third kappa shape index (κ3) is 10.4. The lowest BCUT2D eigenvalue weighted by molar-refractivity contribution is -0.133. The lowest BCUT2D eigenvalue weighted by atomic mass is 9.99. The van der Waals surface area contributed by atoms with Crippen LogP contribution in [0.4, 0.5) is 0 Å². The van der Waals surface area contributed by atoms with E-state index >= 15 is 0 Å². The maximum Gasteiger partial charge on any atom is 0.237 e. The summed E-state index contributed by atoms with van der Waals surface area (Å²) >= 11 is 0. The Bertz CT molecular complexity index is 1720. The van der Waals surface area contributed by atoms with E-state index in [4.69, 9.17) is 18.9 Å². The molecule has 2 heterocycles. The lowest BCUT2D eigenvalue weighted by Gasteiger charge is -2.25. The predicted molar refractivity (Wildman–Crippen MR) is 197 cm³/mol. The van der Waals surface area contributed by atoms with Crippen LogP contribution in [0.15, 0.2) is 84.9 Å². The molecule has 0 saturated heterocycles. The van der Waals surface area contributed by atoms with Crippen molar-refractivity contribution < 1.29 is 23.7 Å². The van der Waals surface area contributed by atoms with Crippen LogP contribution in [0.1, 0.15) is 44.5 Å². The fourth-order valence-electron chi connectivity index (χ4n) is 6.72. The van der Waals surface area contributed by atoms with Crippen LogP contribution < -0.4 is 9.47 Å². The second kappa shape index (κ2) is 17.6. The molecule has 1 amide bonds. The molecule has 6 rings (SSSR count). The molecule has 0 unspecified atom stereocenters. The number of hydrogen-bond donors (Lipinski definition) is 0. The molecule has 4 aromatic rings. The molecule has 8 heteroatoms. The Morgan fingerprint density at radius 2 is 1.26 bits per heavy atom. The topological polar surface area (TPSA) is 63.7 Å². The molecular formula is C42H51N3O5. The third-order valence-electron chi connectivity index (χ3n) is 9.13. The number of aryl methyl sites for hydroxylation is 1. The van der Waals surface area contributed by atoms with Gasteiger partial charge >= 0.3 is 0 Å². The molecule has 0 radical (unpaired) electrons. The van der Waals surface area contributed by atoms with Crippen molar-refractivity contribution in [3.63, 3.8) is 0 Å². The van der Waals surface area contributed by atoms with E-state index in [0.29, 0.717) is 59.3 Å². The number of rotatable bonds is 4. The van der Waals surface area contributed by atoms with Gasteiger partial charge in [-0.15, -0.1) is 0 Å². The first-order valence-electron chi connectivity index (χ1n) is 17.8. The Kier molecular flexibility index (Phi) is 12.6. The predicted octanol–water partition coefficient (Wildman–Crippen LogP) is 5.89. The average molecular weight is 678 g/mol. The summed E-state index contributed by atoms with van der Waals surface area (Å²) in [5.41, 5.74) is 9.68. The number of nitrogens with zero attached hydrogens (tertiary/aromatic N) is 3. The lowest BCUT2D eigenvalue weighted by Crippen LogP contribution is -2.39. The Balaban J connectivity index is 1.22. The van der Waals surface area contributed by atoms with Gasteiger partial charge in [0.05, 0.1) is 33.0 Å². The minimum Gasteiger partial charge on any atom is -0.491 e. The molecule has 0 N–H and O–H groups in total. The number of carbonyl (C=O) groups excluding carboxylic acids is 1. The normalized spacial score (nSPS) is 16.6. The second-order valence-electron chi connectivity index (χ2n) is 13.7. The Morgan fingerprint density at radius 3 is 1.94 bits per heavy atom. The molecule has 0 fully saturated rings. The van der Waals surface area contributed by atoms with Gasteiger partial charge < -0.3 is 28.7 Å². The molecule has 0 aromatic heterocycles. The van der Waals surface area contributed by atoms with E-state index < -0.39 is 0 Å². The maximum atomic E-state index is 13.0. The highest BCUT2D eigenvalue weighted by atomic mass is 16.5. The summed E-state index contributed by atoms with van der Waals surface area (Å²) in [6.07, 6.45) is 1.56. The van der Waals surface area contributed by atoms with Gasteiger partial charge in [0.2, 0.25) is 5.91 Å². The molecule has 4 bridgehead atoms. The number of carbonyl (C=O) groups is 1. The van der Waals surface area contributed by atoms with Crippen molar-refractivity contribution in [3.8, 4) is 11.5 Å². The number of benzene rings is 4. The van der Waals surface area contributed by atoms with Gasteiger partial charge in [0, 0.05) is 45.6 Å². The quantitative estimate of drug-likeness (QED) is 0.267. The molecule has 0 saturated carbocycles. The highest BCUT2D eigenvalue weighted by molar-refractivity contribution is 5.78. The zero-order chi connectivity index (χ0) is 34.7. The van der Waals surface area contributed by atoms with E-state index in [9.17, 15) is 4.79 Å². The molecule has 2 aliphatic rings. The minimum atomic E-state index is 0.0981. The van der Waals surface area contributed by atoms with Gasteiger partial charge in [-0.2, -0.15) is 0 Å². The minimum absolute atomic E-state index is 0.0981. The summed E-state index contributed by atoms with van der Waals surface area (Å²) in [6.45, 7) is 9.09. The van der Waals surface area contributed by atoms with E-state index in [-0.39, 0.29) is 5.91 Å². The van der Waals surface area contributed by atoms with Gasteiger partial charge in [-0.1, -0.05) is 78.4 Å². The Morgan fingerprint density at radius 1 is 0.660 bits per heavy atom. The van der Waals surface area contributed by atoms with Crippen molar-refractivity contribution >= 4 is 5.91 Å². The third-order valence-corrected chi connectivity index (χ3v) is 9.13. The van der Waals surface area contributed by atoms with E-state index in [1.54, 1.807) is 0 Å². The van der Waals surface area contributed by atoms with Crippen LogP contribution >= 0.6 is 0 Å². The highest BCUT2D eigenvalue weighted by Gasteiger charge is 2.17. The zero-order valence-electron chi connectivity index (χ0n) is 29.9. The number of fused-ring (bicyclic) bond motifs is 6. The van der Waals surface area contributed by atoms with Crippen molar-refractivity contribution in [2.45, 2.75) is 39.4 Å². The van der Waals surface area contributed by atoms with Gasteiger partial charge in [-0.05, 0) is 72.1 Å². The van der Waals surface area contributed by atoms with Crippen molar-refractivity contribution in [3.05, 3.63) is 129 Å². The molecular weight excluding hydrogens is 626 g/mol. The van der Waals surface area contributed by atoms with E-state index in [0.717, 1.165) is 55.1 Å². The first kappa shape index (κ1) is 35.6. The van der Waals surface area contributed by atoms with Crippen LogP contribution in [0.25, 0.3) is 0 Å². The Hall–Kier alpha value is -4.21. The van der Waals surface area contributed by atoms with Crippen molar-refractivity contribution in [2.24, 2.45) is 0 Å². The summed E-state index contributed by atoms with van der Waals surface area (Å²) in [5, 5.41) is 0. The van der Waals surface area contributed by atoms with Crippen LogP contribution in [0, 0.1) is 6.92 Å². The summed E-state index contributed by atoms with van der Waals surface area (Å²) in [4.78, 5) is 19.3. The molecule has 2 aliphatic heterocycles. The first-order chi connectivity index (χ1) is 24.4. The molecule has 0 spiro atoms. The highest BCUT2D eigenvalue weighted by Crippen LogP contribution is 2.27. The van der Waals surface area contributed by atoms with Gasteiger partial charge in [0.25, 0.3) is 0 Å². The first-order valence-corrected chi connectivity index (χ1v) is 17.8. The van der Waals surface area contributed by atoms with Crippen LogP contribution in [0.3, 0.4) is 0 Å². The summed E-state index contributed by atoms with van der Waals surface area (Å²) in [5.74, 6) is 1.92. The van der Waals surface area contributed by atoms with Crippen LogP contribution in [-0.4, -0.2) is 94.0 Å². The smallest absolute Gasteiger partial charge is 0.237 e. The van der Waals surface area contributed by atoms with Crippen LogP contribution in [0.2, 0.25) is 0 Å². The van der Waals surface area contributed by atoms with Crippen molar-refractivity contribution in [1.82, 2.24) is 14.7 Å². The summed E-state index contributed by atoms with van der Waals surface area (Å²) in [7, 11) is 3.84. The van der Waals surface area contributed by atoms with Gasteiger partial charge in [-0.25, -0.2) is 0 Å². The van der Waals surface area contributed by atoms with Crippen LogP contribution in [-0.2, 0) is 46.7 Å². The number of ether oxygens (including phenoxy) is 4. The van der Waals surface area contributed by atoms with E-state index in [1.807, 2.05) is 23.9 Å². The summed E-state index contributed by atoms with van der Waals surface area (Å²) in [6, 6.07) is 30.5. The van der Waals surface area contributed by atoms with E-state index in [2.05, 4.69) is 96.8 Å². The fraction of sp³-hybridized carbons (Fsp3) is 0.405. The average Bonchev–Trinajstić information content (AvgIpc) is 3.08. The van der Waals surface area contributed by atoms with E-state index in [1.165, 1.54) is 33.4 Å². The molecule has 0 aliphatic carbocycles. The molecule has 0 atom stereocenters. The fourth-order valence-corrected chi connectivity index (χ4v) is 6.72. The maximum absolute atomic E-state index is 13.0. The van der Waals surface area contributed by atoms with Crippen molar-refractivity contribution in [2.75, 3.05) is 73.4 Å². The Labute approximate surface area is 297 Å². The standard InChI is InChI=1S/C42H51N3O5/c1-32-10-12-40-38(22-32)25-33-6-4-8-35(23-33)28-44(14-16-47-18-20-49-40)29-37-11-13-41-39(27-37)26-34-7-5-9-36(24-34)30-45(42(46)31-43(2)3)15-17-48-19-21-50-41/h4-13,22-24,27H,14-21,25-26,28-31H2,1-3H3. The molecule has 4 aromatic carbocycles. The largest absolute Gasteiger partial charge is 0.491 e. The van der Waals surface area contributed by atoms with Crippen molar-refractivity contribution in [1.29, 1.82) is 0 Å². The van der Waals surface area contributed by atoms with Gasteiger partial charge in [0.15, 0.2) is 0 Å². The number of amides is 1. The number of hydrogen-bond acceptors (Lipinski definition) is 7. The molecule has 50 heavy (non-hydrogen) atoms. The SMILES string of the molecule is Cc1ccc2c(c1)Cc1cccc(c1)CN(Cc1ccc3c(c1)Cc1cccc(c1)CN(C(=O)CN(C)C)CCOCCO3)CCOCCO2. The molecule has 264 valence electrons.